The van der Waals surface area contributed by atoms with Crippen LogP contribution in [0.25, 0.3) is 0 Å². The highest BCUT2D eigenvalue weighted by Gasteiger charge is 2.20. The fourth-order valence-corrected chi connectivity index (χ4v) is 2.08. The van der Waals surface area contributed by atoms with Crippen LogP contribution in [0, 0.1) is 0 Å². The molecule has 1 aliphatic rings. The standard InChI is InChI=1S/C12H21N3O2/c1-2-4-15-5-3-14-11(15)8-10(13)9-12-16-6-7-17-12/h3,5,10,12H,2,4,6-9,13H2,1H3. The lowest BCUT2D eigenvalue weighted by molar-refractivity contribution is -0.0505. The molecule has 0 aliphatic carbocycles. The fourth-order valence-electron chi connectivity index (χ4n) is 2.08. The molecule has 1 unspecified atom stereocenters. The topological polar surface area (TPSA) is 62.3 Å². The lowest BCUT2D eigenvalue weighted by Gasteiger charge is -2.16. The summed E-state index contributed by atoms with van der Waals surface area (Å²) in [6, 6.07) is 0.0381. The van der Waals surface area contributed by atoms with Crippen molar-refractivity contribution in [3.63, 3.8) is 0 Å². The van der Waals surface area contributed by atoms with Crippen LogP contribution in [0.15, 0.2) is 12.4 Å². The maximum atomic E-state index is 6.10. The van der Waals surface area contributed by atoms with E-state index < -0.39 is 0 Å². The second-order valence-electron chi connectivity index (χ2n) is 4.41. The maximum Gasteiger partial charge on any atom is 0.159 e. The van der Waals surface area contributed by atoms with Crippen molar-refractivity contribution >= 4 is 0 Å². The third kappa shape index (κ3) is 3.52. The Bertz CT molecular complexity index is 334. The van der Waals surface area contributed by atoms with E-state index in [1.165, 1.54) is 0 Å². The van der Waals surface area contributed by atoms with Crippen molar-refractivity contribution in [3.8, 4) is 0 Å². The number of hydrogen-bond donors (Lipinski definition) is 1. The quantitative estimate of drug-likeness (QED) is 0.802. The minimum atomic E-state index is -0.125. The molecule has 1 fully saturated rings. The summed E-state index contributed by atoms with van der Waals surface area (Å²) in [6.45, 7) is 4.52. The van der Waals surface area contributed by atoms with Crippen LogP contribution >= 0.6 is 0 Å². The predicted octanol–water partition coefficient (Wildman–Crippen LogP) is 0.926. The van der Waals surface area contributed by atoms with Gasteiger partial charge in [0, 0.05) is 37.8 Å². The van der Waals surface area contributed by atoms with Crippen LogP contribution in [0.1, 0.15) is 25.6 Å². The second kappa shape index (κ2) is 6.14. The van der Waals surface area contributed by atoms with E-state index in [0.29, 0.717) is 13.2 Å². The number of nitrogens with two attached hydrogens (primary N) is 1. The normalized spacial score (nSPS) is 18.7. The van der Waals surface area contributed by atoms with Crippen LogP contribution in [0.2, 0.25) is 0 Å². The van der Waals surface area contributed by atoms with Gasteiger partial charge in [-0.2, -0.15) is 0 Å². The van der Waals surface area contributed by atoms with Gasteiger partial charge in [0.15, 0.2) is 6.29 Å². The van der Waals surface area contributed by atoms with Crippen molar-refractivity contribution in [3.05, 3.63) is 18.2 Å². The van der Waals surface area contributed by atoms with E-state index in [4.69, 9.17) is 15.2 Å². The number of nitrogens with zero attached hydrogens (tertiary/aromatic N) is 2. The van der Waals surface area contributed by atoms with E-state index >= 15 is 0 Å². The number of aryl methyl sites for hydroxylation is 1. The van der Waals surface area contributed by atoms with E-state index in [9.17, 15) is 0 Å². The molecule has 0 amide bonds. The van der Waals surface area contributed by atoms with E-state index in [2.05, 4.69) is 16.5 Å². The van der Waals surface area contributed by atoms with Crippen molar-refractivity contribution in [1.82, 2.24) is 9.55 Å². The van der Waals surface area contributed by atoms with Crippen molar-refractivity contribution < 1.29 is 9.47 Å². The molecule has 0 aromatic carbocycles. The Hall–Kier alpha value is -0.910. The molecule has 1 aromatic rings. The zero-order valence-corrected chi connectivity index (χ0v) is 10.3. The Morgan fingerprint density at radius 3 is 3.00 bits per heavy atom. The summed E-state index contributed by atoms with van der Waals surface area (Å²) in [6.07, 6.45) is 6.33. The summed E-state index contributed by atoms with van der Waals surface area (Å²) in [5.41, 5.74) is 6.10. The van der Waals surface area contributed by atoms with Crippen molar-refractivity contribution in [2.75, 3.05) is 13.2 Å². The summed E-state index contributed by atoms with van der Waals surface area (Å²) in [7, 11) is 0. The highest BCUT2D eigenvalue weighted by atomic mass is 16.7. The first-order valence-electron chi connectivity index (χ1n) is 6.28. The third-order valence-electron chi connectivity index (χ3n) is 2.90. The lowest BCUT2D eigenvalue weighted by atomic mass is 10.1. The molecule has 1 aromatic heterocycles. The number of ether oxygens (including phenoxy) is 2. The highest BCUT2D eigenvalue weighted by molar-refractivity contribution is 4.95. The van der Waals surface area contributed by atoms with E-state index in [-0.39, 0.29) is 12.3 Å². The van der Waals surface area contributed by atoms with Crippen molar-refractivity contribution in [1.29, 1.82) is 0 Å². The van der Waals surface area contributed by atoms with E-state index in [0.717, 1.165) is 31.6 Å². The molecule has 5 nitrogen and oxygen atoms in total. The van der Waals surface area contributed by atoms with E-state index in [1.54, 1.807) is 0 Å². The zero-order valence-electron chi connectivity index (χ0n) is 10.3. The van der Waals surface area contributed by atoms with Gasteiger partial charge in [-0.05, 0) is 6.42 Å². The van der Waals surface area contributed by atoms with Crippen LogP contribution in [0.4, 0.5) is 0 Å². The molecule has 0 spiro atoms. The number of rotatable bonds is 6. The molecule has 1 saturated heterocycles. The molecular formula is C12H21N3O2. The van der Waals surface area contributed by atoms with Crippen LogP contribution < -0.4 is 5.73 Å². The predicted molar refractivity (Wildman–Crippen MR) is 64.5 cm³/mol. The zero-order chi connectivity index (χ0) is 12.1. The first-order valence-corrected chi connectivity index (χ1v) is 6.28. The Morgan fingerprint density at radius 1 is 1.53 bits per heavy atom. The fraction of sp³-hybridized carbons (Fsp3) is 0.750. The van der Waals surface area contributed by atoms with Gasteiger partial charge in [0.05, 0.1) is 13.2 Å². The van der Waals surface area contributed by atoms with Crippen LogP contribution in [0.5, 0.6) is 0 Å². The van der Waals surface area contributed by atoms with Gasteiger partial charge in [0.2, 0.25) is 0 Å². The molecule has 2 rings (SSSR count). The van der Waals surface area contributed by atoms with Gasteiger partial charge in [0.1, 0.15) is 5.82 Å². The summed E-state index contributed by atoms with van der Waals surface area (Å²) < 4.78 is 12.9. The maximum absolute atomic E-state index is 6.10. The van der Waals surface area contributed by atoms with Gasteiger partial charge >= 0.3 is 0 Å². The largest absolute Gasteiger partial charge is 0.350 e. The number of aromatic nitrogens is 2. The van der Waals surface area contributed by atoms with Crippen LogP contribution in [-0.4, -0.2) is 35.1 Å². The van der Waals surface area contributed by atoms with Gasteiger partial charge in [-0.3, -0.25) is 0 Å². The Morgan fingerprint density at radius 2 is 2.29 bits per heavy atom. The lowest BCUT2D eigenvalue weighted by Crippen LogP contribution is -2.30. The van der Waals surface area contributed by atoms with Gasteiger partial charge < -0.3 is 19.8 Å². The average molecular weight is 239 g/mol. The summed E-state index contributed by atoms with van der Waals surface area (Å²) >= 11 is 0. The molecule has 0 bridgehead atoms. The van der Waals surface area contributed by atoms with Crippen molar-refractivity contribution in [2.24, 2.45) is 5.73 Å². The summed E-state index contributed by atoms with van der Waals surface area (Å²) in [5.74, 6) is 1.05. The summed E-state index contributed by atoms with van der Waals surface area (Å²) in [4.78, 5) is 4.35. The highest BCUT2D eigenvalue weighted by Crippen LogP contribution is 2.12. The average Bonchev–Trinajstić information content (AvgIpc) is 2.92. The molecule has 5 heteroatoms. The molecule has 17 heavy (non-hydrogen) atoms. The third-order valence-corrected chi connectivity index (χ3v) is 2.90. The smallest absolute Gasteiger partial charge is 0.159 e. The van der Waals surface area contributed by atoms with Crippen LogP contribution in [-0.2, 0) is 22.4 Å². The molecule has 2 N–H and O–H groups in total. The Labute approximate surface area is 102 Å². The van der Waals surface area contributed by atoms with Crippen molar-refractivity contribution in [2.45, 2.75) is 45.1 Å². The molecule has 1 atom stereocenters. The molecule has 1 aliphatic heterocycles. The van der Waals surface area contributed by atoms with Gasteiger partial charge in [0.25, 0.3) is 0 Å². The first kappa shape index (κ1) is 12.5. The van der Waals surface area contributed by atoms with E-state index in [1.807, 2.05) is 12.4 Å². The van der Waals surface area contributed by atoms with Gasteiger partial charge in [-0.25, -0.2) is 4.98 Å². The number of imidazole rings is 1. The molecule has 0 saturated carbocycles. The summed E-state index contributed by atoms with van der Waals surface area (Å²) in [5, 5.41) is 0. The number of hydrogen-bond acceptors (Lipinski definition) is 4. The Kier molecular flexibility index (Phi) is 4.53. The molecule has 96 valence electrons. The molecule has 2 heterocycles. The molecule has 0 radical (unpaired) electrons. The minimum Gasteiger partial charge on any atom is -0.350 e. The minimum absolute atomic E-state index is 0.0381. The monoisotopic (exact) mass is 239 g/mol. The Balaban J connectivity index is 1.83. The molecular weight excluding hydrogens is 218 g/mol. The SMILES string of the molecule is CCCn1ccnc1CC(N)CC1OCCO1. The van der Waals surface area contributed by atoms with Gasteiger partial charge in [-0.15, -0.1) is 0 Å². The van der Waals surface area contributed by atoms with Crippen LogP contribution in [0.3, 0.4) is 0 Å². The first-order chi connectivity index (χ1) is 8.29. The van der Waals surface area contributed by atoms with Gasteiger partial charge in [-0.1, -0.05) is 6.92 Å². The second-order valence-corrected chi connectivity index (χ2v) is 4.41.